The monoisotopic (exact) mass is 306 g/mol. The SMILES string of the molecule is N#Cc1ccc2c(c1)[C@@H]1OCCC[C@H]1[C@@H](c1cccc(O)c1)N2. The molecule has 116 valence electrons. The van der Waals surface area contributed by atoms with Crippen molar-refractivity contribution in [3.63, 3.8) is 0 Å². The van der Waals surface area contributed by atoms with Crippen molar-refractivity contribution in [1.29, 1.82) is 5.26 Å². The number of nitriles is 1. The molecule has 0 unspecified atom stereocenters. The molecule has 0 saturated carbocycles. The predicted molar refractivity (Wildman–Crippen MR) is 87.0 cm³/mol. The molecule has 0 aliphatic carbocycles. The second-order valence-corrected chi connectivity index (χ2v) is 6.23. The molecule has 2 aliphatic rings. The van der Waals surface area contributed by atoms with E-state index in [9.17, 15) is 5.11 Å². The molecule has 4 heteroatoms. The van der Waals surface area contributed by atoms with Gasteiger partial charge >= 0.3 is 0 Å². The predicted octanol–water partition coefficient (Wildman–Crippen LogP) is 3.90. The van der Waals surface area contributed by atoms with Gasteiger partial charge in [0.15, 0.2) is 0 Å². The lowest BCUT2D eigenvalue weighted by atomic mass is 9.77. The number of phenolic OH excluding ortho intramolecular Hbond substituents is 1. The minimum Gasteiger partial charge on any atom is -0.508 e. The summed E-state index contributed by atoms with van der Waals surface area (Å²) in [6.07, 6.45) is 2.10. The Balaban J connectivity index is 1.79. The van der Waals surface area contributed by atoms with Gasteiger partial charge in [-0.3, -0.25) is 0 Å². The van der Waals surface area contributed by atoms with E-state index in [1.807, 2.05) is 36.4 Å². The van der Waals surface area contributed by atoms with Crippen LogP contribution in [0.4, 0.5) is 5.69 Å². The number of benzene rings is 2. The Kier molecular flexibility index (Phi) is 3.44. The van der Waals surface area contributed by atoms with Gasteiger partial charge < -0.3 is 15.2 Å². The quantitative estimate of drug-likeness (QED) is 0.838. The normalized spacial score (nSPS) is 25.6. The zero-order chi connectivity index (χ0) is 15.8. The van der Waals surface area contributed by atoms with E-state index in [4.69, 9.17) is 10.00 Å². The largest absolute Gasteiger partial charge is 0.508 e. The van der Waals surface area contributed by atoms with Gasteiger partial charge in [0.1, 0.15) is 5.75 Å². The lowest BCUT2D eigenvalue weighted by molar-refractivity contribution is -0.0381. The number of nitrogens with zero attached hydrogens (tertiary/aromatic N) is 1. The molecule has 0 bridgehead atoms. The minimum absolute atomic E-state index is 0.000601. The first kappa shape index (κ1) is 14.1. The molecule has 1 saturated heterocycles. The highest BCUT2D eigenvalue weighted by Crippen LogP contribution is 2.49. The fourth-order valence-corrected chi connectivity index (χ4v) is 3.79. The standard InChI is InChI=1S/C19H18N2O2/c20-11-12-6-7-17-16(9-12)19-15(5-2-8-23-19)18(21-17)13-3-1-4-14(22)10-13/h1,3-4,6-7,9-10,15,18-19,21-22H,2,5,8H2/t15-,18+,19+/m0/s1. The first-order valence-corrected chi connectivity index (χ1v) is 7.97. The second kappa shape index (κ2) is 5.60. The van der Waals surface area contributed by atoms with Gasteiger partial charge in [-0.15, -0.1) is 0 Å². The van der Waals surface area contributed by atoms with E-state index in [-0.39, 0.29) is 17.9 Å². The first-order chi connectivity index (χ1) is 11.3. The molecular weight excluding hydrogens is 288 g/mol. The maximum atomic E-state index is 9.81. The average molecular weight is 306 g/mol. The van der Waals surface area contributed by atoms with Crippen LogP contribution in [0, 0.1) is 17.2 Å². The molecular formula is C19H18N2O2. The van der Waals surface area contributed by atoms with E-state index in [0.29, 0.717) is 11.5 Å². The highest BCUT2D eigenvalue weighted by Gasteiger charge is 2.39. The van der Waals surface area contributed by atoms with Gasteiger partial charge in [-0.1, -0.05) is 12.1 Å². The molecule has 1 fully saturated rings. The highest BCUT2D eigenvalue weighted by atomic mass is 16.5. The van der Waals surface area contributed by atoms with Gasteiger partial charge in [-0.25, -0.2) is 0 Å². The molecule has 0 spiro atoms. The van der Waals surface area contributed by atoms with Gasteiger partial charge in [-0.05, 0) is 48.7 Å². The van der Waals surface area contributed by atoms with Crippen LogP contribution in [0.2, 0.25) is 0 Å². The summed E-state index contributed by atoms with van der Waals surface area (Å²) in [4.78, 5) is 0. The number of hydrogen-bond donors (Lipinski definition) is 2. The van der Waals surface area contributed by atoms with Gasteiger partial charge in [-0.2, -0.15) is 5.26 Å². The lowest BCUT2D eigenvalue weighted by Crippen LogP contribution is -2.36. The lowest BCUT2D eigenvalue weighted by Gasteiger charge is -2.43. The summed E-state index contributed by atoms with van der Waals surface area (Å²) in [6.45, 7) is 0.754. The van der Waals surface area contributed by atoms with E-state index in [1.54, 1.807) is 6.07 Å². The van der Waals surface area contributed by atoms with Crippen LogP contribution in [0.3, 0.4) is 0 Å². The molecule has 4 rings (SSSR count). The Hall–Kier alpha value is -2.51. The minimum atomic E-state index is 0.000601. The number of anilines is 1. The van der Waals surface area contributed by atoms with Crippen LogP contribution in [-0.2, 0) is 4.74 Å². The van der Waals surface area contributed by atoms with Gasteiger partial charge in [0.25, 0.3) is 0 Å². The van der Waals surface area contributed by atoms with E-state index in [1.165, 1.54) is 0 Å². The highest BCUT2D eigenvalue weighted by molar-refractivity contribution is 5.59. The smallest absolute Gasteiger partial charge is 0.115 e. The topological polar surface area (TPSA) is 65.3 Å². The third kappa shape index (κ3) is 2.43. The molecule has 2 aromatic rings. The zero-order valence-electron chi connectivity index (χ0n) is 12.7. The molecule has 2 aliphatic heterocycles. The van der Waals surface area contributed by atoms with Crippen molar-refractivity contribution in [3.05, 3.63) is 59.2 Å². The van der Waals surface area contributed by atoms with Crippen molar-refractivity contribution in [1.82, 2.24) is 0 Å². The number of ether oxygens (including phenoxy) is 1. The van der Waals surface area contributed by atoms with Gasteiger partial charge in [0.2, 0.25) is 0 Å². The number of aromatic hydroxyl groups is 1. The van der Waals surface area contributed by atoms with E-state index >= 15 is 0 Å². The summed E-state index contributed by atoms with van der Waals surface area (Å²) >= 11 is 0. The molecule has 2 aromatic carbocycles. The molecule has 23 heavy (non-hydrogen) atoms. The molecule has 3 atom stereocenters. The second-order valence-electron chi connectivity index (χ2n) is 6.23. The zero-order valence-corrected chi connectivity index (χ0v) is 12.7. The van der Waals surface area contributed by atoms with Crippen molar-refractivity contribution < 1.29 is 9.84 Å². The van der Waals surface area contributed by atoms with Gasteiger partial charge in [0.05, 0.1) is 23.8 Å². The van der Waals surface area contributed by atoms with E-state index < -0.39 is 0 Å². The number of rotatable bonds is 1. The summed E-state index contributed by atoms with van der Waals surface area (Å²) in [5.74, 6) is 0.579. The third-order valence-electron chi connectivity index (χ3n) is 4.82. The van der Waals surface area contributed by atoms with Crippen molar-refractivity contribution in [2.75, 3.05) is 11.9 Å². The summed E-state index contributed by atoms with van der Waals surface area (Å²) in [7, 11) is 0. The number of fused-ring (bicyclic) bond motifs is 3. The summed E-state index contributed by atoms with van der Waals surface area (Å²) in [5, 5.41) is 22.6. The maximum Gasteiger partial charge on any atom is 0.115 e. The summed E-state index contributed by atoms with van der Waals surface area (Å²) < 4.78 is 6.08. The molecule has 2 N–H and O–H groups in total. The van der Waals surface area contributed by atoms with Crippen LogP contribution in [0.1, 0.15) is 41.7 Å². The molecule has 0 aromatic heterocycles. The van der Waals surface area contributed by atoms with Crippen molar-refractivity contribution in [2.24, 2.45) is 5.92 Å². The van der Waals surface area contributed by atoms with Crippen LogP contribution in [-0.4, -0.2) is 11.7 Å². The number of phenols is 1. The molecule has 4 nitrogen and oxygen atoms in total. The molecule has 0 amide bonds. The van der Waals surface area contributed by atoms with E-state index in [2.05, 4.69) is 11.4 Å². The third-order valence-corrected chi connectivity index (χ3v) is 4.82. The number of hydrogen-bond acceptors (Lipinski definition) is 4. The number of nitrogens with one attached hydrogen (secondary N) is 1. The Labute approximate surface area is 135 Å². The van der Waals surface area contributed by atoms with Crippen molar-refractivity contribution >= 4 is 5.69 Å². The Morgan fingerprint density at radius 3 is 2.96 bits per heavy atom. The van der Waals surface area contributed by atoms with Crippen molar-refractivity contribution in [3.8, 4) is 11.8 Å². The fraction of sp³-hybridized carbons (Fsp3) is 0.316. The van der Waals surface area contributed by atoms with Crippen LogP contribution in [0.25, 0.3) is 0 Å². The Morgan fingerprint density at radius 1 is 1.22 bits per heavy atom. The van der Waals surface area contributed by atoms with Crippen molar-refractivity contribution in [2.45, 2.75) is 25.0 Å². The van der Waals surface area contributed by atoms with Crippen LogP contribution in [0.5, 0.6) is 5.75 Å². The summed E-state index contributed by atoms with van der Waals surface area (Å²) in [6, 6.07) is 15.4. The van der Waals surface area contributed by atoms with Crippen LogP contribution in [0.15, 0.2) is 42.5 Å². The fourth-order valence-electron chi connectivity index (χ4n) is 3.79. The average Bonchev–Trinajstić information content (AvgIpc) is 2.60. The molecule has 2 heterocycles. The van der Waals surface area contributed by atoms with Crippen LogP contribution < -0.4 is 5.32 Å². The summed E-state index contributed by atoms with van der Waals surface area (Å²) in [5.41, 5.74) is 3.82. The Bertz CT molecular complexity index is 781. The van der Waals surface area contributed by atoms with Crippen LogP contribution >= 0.6 is 0 Å². The first-order valence-electron chi connectivity index (χ1n) is 7.97. The molecule has 0 radical (unpaired) electrons. The van der Waals surface area contributed by atoms with Gasteiger partial charge in [0, 0.05) is 23.8 Å². The Morgan fingerprint density at radius 2 is 2.13 bits per heavy atom. The van der Waals surface area contributed by atoms with E-state index in [0.717, 1.165) is 36.3 Å². The maximum absolute atomic E-state index is 9.81.